The Balaban J connectivity index is 1.93. The molecule has 0 spiro atoms. The van der Waals surface area contributed by atoms with Crippen LogP contribution in [0.2, 0.25) is 0 Å². The highest BCUT2D eigenvalue weighted by Gasteiger charge is 2.09. The molecule has 2 aromatic rings. The van der Waals surface area contributed by atoms with Gasteiger partial charge in [-0.3, -0.25) is 14.1 Å². The Hall–Kier alpha value is -1.95. The van der Waals surface area contributed by atoms with E-state index >= 15 is 0 Å². The second-order valence-electron chi connectivity index (χ2n) is 4.28. The summed E-state index contributed by atoms with van der Waals surface area (Å²) >= 11 is 0. The minimum atomic E-state index is 0.0105. The number of hydrogen-bond donors (Lipinski definition) is 1. The molecule has 2 heterocycles. The van der Waals surface area contributed by atoms with Gasteiger partial charge in [-0.15, -0.1) is 10.2 Å². The molecular formula is C13H19N5O. The Morgan fingerprint density at radius 3 is 2.84 bits per heavy atom. The first kappa shape index (κ1) is 13.5. The van der Waals surface area contributed by atoms with Crippen molar-refractivity contribution in [2.24, 2.45) is 0 Å². The lowest BCUT2D eigenvalue weighted by atomic mass is 10.4. The van der Waals surface area contributed by atoms with Gasteiger partial charge in [-0.25, -0.2) is 0 Å². The van der Waals surface area contributed by atoms with Gasteiger partial charge in [-0.1, -0.05) is 19.9 Å². The number of nitrogens with zero attached hydrogens (tertiary/aromatic N) is 4. The zero-order valence-electron chi connectivity index (χ0n) is 11.3. The van der Waals surface area contributed by atoms with Crippen molar-refractivity contribution < 1.29 is 4.79 Å². The standard InChI is InChI=1S/C13H19N5O/c1-3-17(4-2)10-13(19)14-9-12-16-15-11-7-5-6-8-18(11)12/h5-8H,3-4,9-10H2,1-2H3,(H,14,19). The van der Waals surface area contributed by atoms with E-state index in [0.29, 0.717) is 13.1 Å². The first-order valence-electron chi connectivity index (χ1n) is 6.52. The van der Waals surface area contributed by atoms with Crippen molar-refractivity contribution in [3.63, 3.8) is 0 Å². The summed E-state index contributed by atoms with van der Waals surface area (Å²) in [5.74, 6) is 0.750. The van der Waals surface area contributed by atoms with E-state index in [1.807, 2.05) is 42.6 Å². The minimum absolute atomic E-state index is 0.0105. The number of carbonyl (C=O) groups excluding carboxylic acids is 1. The van der Waals surface area contributed by atoms with Crippen LogP contribution in [0.15, 0.2) is 24.4 Å². The maximum Gasteiger partial charge on any atom is 0.234 e. The van der Waals surface area contributed by atoms with Crippen molar-refractivity contribution >= 4 is 11.6 Å². The lowest BCUT2D eigenvalue weighted by Gasteiger charge is -2.16. The molecule has 0 aliphatic rings. The number of nitrogens with one attached hydrogen (secondary N) is 1. The third kappa shape index (κ3) is 3.29. The van der Waals surface area contributed by atoms with E-state index in [0.717, 1.165) is 24.6 Å². The van der Waals surface area contributed by atoms with Gasteiger partial charge >= 0.3 is 0 Å². The van der Waals surface area contributed by atoms with Crippen LogP contribution in [-0.2, 0) is 11.3 Å². The molecule has 0 saturated heterocycles. The van der Waals surface area contributed by atoms with Crippen molar-refractivity contribution in [1.82, 2.24) is 24.8 Å². The molecule has 0 bridgehead atoms. The van der Waals surface area contributed by atoms with Crippen LogP contribution in [0.1, 0.15) is 19.7 Å². The molecule has 6 nitrogen and oxygen atoms in total. The van der Waals surface area contributed by atoms with E-state index in [1.165, 1.54) is 0 Å². The zero-order valence-corrected chi connectivity index (χ0v) is 11.3. The Bertz CT molecular complexity index is 547. The number of hydrogen-bond acceptors (Lipinski definition) is 4. The van der Waals surface area contributed by atoms with E-state index in [9.17, 15) is 4.79 Å². The molecule has 0 aliphatic carbocycles. The highest BCUT2D eigenvalue weighted by molar-refractivity contribution is 5.77. The highest BCUT2D eigenvalue weighted by Crippen LogP contribution is 2.02. The summed E-state index contributed by atoms with van der Waals surface area (Å²) in [4.78, 5) is 13.9. The molecular weight excluding hydrogens is 242 g/mol. The number of aromatic nitrogens is 3. The molecule has 0 unspecified atom stereocenters. The monoisotopic (exact) mass is 261 g/mol. The predicted molar refractivity (Wildman–Crippen MR) is 72.6 cm³/mol. The van der Waals surface area contributed by atoms with Gasteiger partial charge in [0.15, 0.2) is 11.5 Å². The Morgan fingerprint density at radius 2 is 2.11 bits per heavy atom. The largest absolute Gasteiger partial charge is 0.348 e. The number of rotatable bonds is 6. The van der Waals surface area contributed by atoms with Crippen LogP contribution >= 0.6 is 0 Å². The molecule has 102 valence electrons. The van der Waals surface area contributed by atoms with E-state index in [4.69, 9.17) is 0 Å². The van der Waals surface area contributed by atoms with Crippen LogP contribution in [0.3, 0.4) is 0 Å². The van der Waals surface area contributed by atoms with Crippen molar-refractivity contribution in [2.45, 2.75) is 20.4 Å². The fourth-order valence-electron chi connectivity index (χ4n) is 1.90. The zero-order chi connectivity index (χ0) is 13.7. The van der Waals surface area contributed by atoms with E-state index < -0.39 is 0 Å². The molecule has 6 heteroatoms. The molecule has 1 amide bonds. The van der Waals surface area contributed by atoms with Crippen molar-refractivity contribution in [3.8, 4) is 0 Å². The summed E-state index contributed by atoms with van der Waals surface area (Å²) in [5.41, 5.74) is 0.787. The smallest absolute Gasteiger partial charge is 0.234 e. The average molecular weight is 261 g/mol. The van der Waals surface area contributed by atoms with Gasteiger partial charge in [0.1, 0.15) is 0 Å². The second kappa shape index (κ2) is 6.29. The number of fused-ring (bicyclic) bond motifs is 1. The van der Waals surface area contributed by atoms with E-state index in [2.05, 4.69) is 20.4 Å². The first-order valence-corrected chi connectivity index (χ1v) is 6.52. The third-order valence-corrected chi connectivity index (χ3v) is 3.09. The molecule has 2 aromatic heterocycles. The van der Waals surface area contributed by atoms with Crippen LogP contribution in [0.25, 0.3) is 5.65 Å². The highest BCUT2D eigenvalue weighted by atomic mass is 16.2. The lowest BCUT2D eigenvalue weighted by Crippen LogP contribution is -2.37. The van der Waals surface area contributed by atoms with Crippen LogP contribution in [0.4, 0.5) is 0 Å². The fourth-order valence-corrected chi connectivity index (χ4v) is 1.90. The lowest BCUT2D eigenvalue weighted by molar-refractivity contribution is -0.122. The molecule has 2 rings (SSSR count). The summed E-state index contributed by atoms with van der Waals surface area (Å²) in [6.07, 6.45) is 1.89. The van der Waals surface area contributed by atoms with Crippen LogP contribution in [-0.4, -0.2) is 45.0 Å². The maximum absolute atomic E-state index is 11.8. The van der Waals surface area contributed by atoms with Gasteiger partial charge in [-0.2, -0.15) is 0 Å². The van der Waals surface area contributed by atoms with Crippen molar-refractivity contribution in [2.75, 3.05) is 19.6 Å². The summed E-state index contributed by atoms with van der Waals surface area (Å²) < 4.78 is 1.87. The predicted octanol–water partition coefficient (Wildman–Crippen LogP) is 0.687. The average Bonchev–Trinajstić information content (AvgIpc) is 2.86. The molecule has 0 atom stereocenters. The molecule has 0 radical (unpaired) electrons. The van der Waals surface area contributed by atoms with Gasteiger partial charge < -0.3 is 5.32 Å². The van der Waals surface area contributed by atoms with Gasteiger partial charge in [0.25, 0.3) is 0 Å². The topological polar surface area (TPSA) is 62.5 Å². The molecule has 0 aromatic carbocycles. The molecule has 0 saturated carbocycles. The van der Waals surface area contributed by atoms with Gasteiger partial charge in [-0.05, 0) is 25.2 Å². The van der Waals surface area contributed by atoms with Gasteiger partial charge in [0.2, 0.25) is 5.91 Å². The molecule has 0 fully saturated rings. The second-order valence-corrected chi connectivity index (χ2v) is 4.28. The number of carbonyl (C=O) groups is 1. The fraction of sp³-hybridized carbons (Fsp3) is 0.462. The summed E-state index contributed by atoms with van der Waals surface area (Å²) in [6, 6.07) is 5.71. The van der Waals surface area contributed by atoms with Crippen LogP contribution in [0, 0.1) is 0 Å². The summed E-state index contributed by atoms with van der Waals surface area (Å²) in [5, 5.41) is 11.0. The van der Waals surface area contributed by atoms with Crippen molar-refractivity contribution in [1.29, 1.82) is 0 Å². The van der Waals surface area contributed by atoms with Gasteiger partial charge in [0, 0.05) is 6.20 Å². The summed E-state index contributed by atoms with van der Waals surface area (Å²) in [7, 11) is 0. The summed E-state index contributed by atoms with van der Waals surface area (Å²) in [6.45, 7) is 6.65. The van der Waals surface area contributed by atoms with Crippen molar-refractivity contribution in [3.05, 3.63) is 30.2 Å². The molecule has 19 heavy (non-hydrogen) atoms. The van der Waals surface area contributed by atoms with Gasteiger partial charge in [0.05, 0.1) is 13.1 Å². The number of amides is 1. The SMILES string of the molecule is CCN(CC)CC(=O)NCc1nnc2ccccn12. The van der Waals surface area contributed by atoms with E-state index in [-0.39, 0.29) is 5.91 Å². The molecule has 0 aliphatic heterocycles. The Morgan fingerprint density at radius 1 is 1.32 bits per heavy atom. The normalized spacial score (nSPS) is 11.1. The third-order valence-electron chi connectivity index (χ3n) is 3.09. The minimum Gasteiger partial charge on any atom is -0.348 e. The maximum atomic E-state index is 11.8. The first-order chi connectivity index (χ1) is 9.24. The molecule has 1 N–H and O–H groups in total. The van der Waals surface area contributed by atoms with Crippen LogP contribution < -0.4 is 5.32 Å². The Kier molecular flexibility index (Phi) is 4.46. The Labute approximate surface area is 112 Å². The quantitative estimate of drug-likeness (QED) is 0.831. The number of likely N-dealkylation sites (N-methyl/N-ethyl adjacent to an activating group) is 1. The van der Waals surface area contributed by atoms with Crippen LogP contribution in [0.5, 0.6) is 0 Å². The number of pyridine rings is 1. The van der Waals surface area contributed by atoms with E-state index in [1.54, 1.807) is 0 Å².